The van der Waals surface area contributed by atoms with Crippen LogP contribution in [0.15, 0.2) is 36.4 Å². The molecule has 0 bridgehead atoms. The Morgan fingerprint density at radius 2 is 1.70 bits per heavy atom. The van der Waals surface area contributed by atoms with Gasteiger partial charge in [0, 0.05) is 47.7 Å². The van der Waals surface area contributed by atoms with E-state index in [1.165, 1.54) is 4.90 Å². The number of carbonyl (C=O) groups excluding carboxylic acids is 2. The Balaban J connectivity index is 2.22. The molecule has 0 radical (unpaired) electrons. The van der Waals surface area contributed by atoms with Crippen LogP contribution in [0.25, 0.3) is 0 Å². The Hall–Kier alpha value is -2.43. The summed E-state index contributed by atoms with van der Waals surface area (Å²) in [5.41, 5.74) is 0.421. The number of carbonyl (C=O) groups is 2. The molecule has 0 aliphatic carbocycles. The molecule has 2 rings (SSSR count). The number of rotatable bonds is 13. The van der Waals surface area contributed by atoms with Gasteiger partial charge in [-0.05, 0) is 44.0 Å². The SMILES string of the molecule is CCCCNC(=O)[C@@H](C)N(Cc1c(Cl)cccc1Cl)C(=O)CCCN(c1ccc(F)c(F)c1)S(C)(=O)=O. The molecule has 12 heteroatoms. The average Bonchev–Trinajstić information content (AvgIpc) is 2.82. The van der Waals surface area contributed by atoms with Crippen LogP contribution in [0.1, 0.15) is 45.1 Å². The van der Waals surface area contributed by atoms with Gasteiger partial charge in [0.15, 0.2) is 11.6 Å². The molecular weight excluding hydrogens is 547 g/mol. The van der Waals surface area contributed by atoms with Crippen molar-refractivity contribution in [2.24, 2.45) is 0 Å². The molecule has 2 amide bonds. The van der Waals surface area contributed by atoms with Crippen LogP contribution in [0, 0.1) is 11.6 Å². The van der Waals surface area contributed by atoms with E-state index in [2.05, 4.69) is 5.32 Å². The zero-order valence-corrected chi connectivity index (χ0v) is 23.3. The van der Waals surface area contributed by atoms with Gasteiger partial charge in [-0.3, -0.25) is 13.9 Å². The summed E-state index contributed by atoms with van der Waals surface area (Å²) in [6, 6.07) is 6.84. The summed E-state index contributed by atoms with van der Waals surface area (Å²) in [6.07, 6.45) is 2.55. The summed E-state index contributed by atoms with van der Waals surface area (Å²) >= 11 is 12.6. The van der Waals surface area contributed by atoms with Crippen LogP contribution in [0.5, 0.6) is 0 Å². The number of amides is 2. The van der Waals surface area contributed by atoms with Gasteiger partial charge in [-0.15, -0.1) is 0 Å². The number of benzene rings is 2. The quantitative estimate of drug-likeness (QED) is 0.333. The zero-order valence-electron chi connectivity index (χ0n) is 20.9. The largest absolute Gasteiger partial charge is 0.354 e. The molecule has 2 aromatic rings. The van der Waals surface area contributed by atoms with Crippen molar-refractivity contribution in [2.75, 3.05) is 23.7 Å². The Morgan fingerprint density at radius 3 is 2.27 bits per heavy atom. The molecule has 0 heterocycles. The van der Waals surface area contributed by atoms with E-state index in [0.29, 0.717) is 22.2 Å². The van der Waals surface area contributed by atoms with Crippen LogP contribution in [0.4, 0.5) is 14.5 Å². The third kappa shape index (κ3) is 8.83. The third-order valence-electron chi connectivity index (χ3n) is 5.73. The van der Waals surface area contributed by atoms with Gasteiger partial charge < -0.3 is 10.2 Å². The first-order valence-corrected chi connectivity index (χ1v) is 14.4. The van der Waals surface area contributed by atoms with Gasteiger partial charge >= 0.3 is 0 Å². The molecule has 0 unspecified atom stereocenters. The predicted molar refractivity (Wildman–Crippen MR) is 142 cm³/mol. The summed E-state index contributed by atoms with van der Waals surface area (Å²) in [4.78, 5) is 27.4. The lowest BCUT2D eigenvalue weighted by Crippen LogP contribution is -2.48. The van der Waals surface area contributed by atoms with Crippen LogP contribution < -0.4 is 9.62 Å². The lowest BCUT2D eigenvalue weighted by atomic mass is 10.1. The molecule has 1 atom stereocenters. The summed E-state index contributed by atoms with van der Waals surface area (Å²) < 4.78 is 52.6. The zero-order chi connectivity index (χ0) is 27.8. The Morgan fingerprint density at radius 1 is 1.05 bits per heavy atom. The predicted octanol–water partition coefficient (Wildman–Crippen LogP) is 5.15. The molecule has 0 saturated carbocycles. The maximum atomic E-state index is 13.7. The van der Waals surface area contributed by atoms with Gasteiger partial charge in [-0.2, -0.15) is 0 Å². The van der Waals surface area contributed by atoms with Crippen molar-refractivity contribution in [3.63, 3.8) is 0 Å². The molecule has 7 nitrogen and oxygen atoms in total. The summed E-state index contributed by atoms with van der Waals surface area (Å²) in [6.45, 7) is 3.86. The van der Waals surface area contributed by atoms with E-state index in [4.69, 9.17) is 23.2 Å². The van der Waals surface area contributed by atoms with E-state index in [1.807, 2.05) is 6.92 Å². The van der Waals surface area contributed by atoms with E-state index in [0.717, 1.165) is 41.6 Å². The first kappa shape index (κ1) is 30.8. The number of nitrogens with zero attached hydrogens (tertiary/aromatic N) is 2. The number of anilines is 1. The normalized spacial score (nSPS) is 12.2. The number of halogens is 4. The van der Waals surface area contributed by atoms with E-state index in [1.54, 1.807) is 25.1 Å². The molecule has 0 aromatic heterocycles. The van der Waals surface area contributed by atoms with Gasteiger partial charge in [0.05, 0.1) is 11.9 Å². The van der Waals surface area contributed by atoms with E-state index in [-0.39, 0.29) is 37.5 Å². The molecule has 37 heavy (non-hydrogen) atoms. The lowest BCUT2D eigenvalue weighted by molar-refractivity contribution is -0.140. The standard InChI is InChI=1S/C25H31Cl2F2N3O4S/c1-4-5-13-30-25(34)17(2)31(16-19-20(26)8-6-9-21(19)27)24(33)10-7-14-32(37(3,35)36)18-11-12-22(28)23(29)15-18/h6,8-9,11-12,15,17H,4-5,7,10,13-14,16H2,1-3H3,(H,30,34)/t17-/m1/s1. The van der Waals surface area contributed by atoms with Gasteiger partial charge in [-0.25, -0.2) is 17.2 Å². The minimum atomic E-state index is -3.85. The fourth-order valence-corrected chi connectivity index (χ4v) is 5.09. The Bertz CT molecular complexity index is 1190. The van der Waals surface area contributed by atoms with Crippen molar-refractivity contribution in [1.29, 1.82) is 0 Å². The minimum absolute atomic E-state index is 0.0291. The first-order chi connectivity index (χ1) is 17.4. The van der Waals surface area contributed by atoms with Gasteiger partial charge in [0.1, 0.15) is 6.04 Å². The minimum Gasteiger partial charge on any atom is -0.354 e. The smallest absolute Gasteiger partial charge is 0.242 e. The van der Waals surface area contributed by atoms with Gasteiger partial charge in [0.25, 0.3) is 0 Å². The van der Waals surface area contributed by atoms with Crippen LogP contribution in [-0.2, 0) is 26.2 Å². The monoisotopic (exact) mass is 577 g/mol. The second kappa shape index (κ2) is 13.9. The maximum Gasteiger partial charge on any atom is 0.242 e. The highest BCUT2D eigenvalue weighted by Crippen LogP contribution is 2.27. The fraction of sp³-hybridized carbons (Fsp3) is 0.440. The highest BCUT2D eigenvalue weighted by atomic mass is 35.5. The second-order valence-corrected chi connectivity index (χ2v) is 11.3. The summed E-state index contributed by atoms with van der Waals surface area (Å²) in [5, 5.41) is 3.48. The highest BCUT2D eigenvalue weighted by Gasteiger charge is 2.28. The topological polar surface area (TPSA) is 86.8 Å². The molecule has 204 valence electrons. The fourth-order valence-electron chi connectivity index (χ4n) is 3.62. The van der Waals surface area contributed by atoms with E-state index >= 15 is 0 Å². The first-order valence-electron chi connectivity index (χ1n) is 11.8. The van der Waals surface area contributed by atoms with Gasteiger partial charge in [-0.1, -0.05) is 42.6 Å². The molecule has 0 fully saturated rings. The molecule has 0 saturated heterocycles. The van der Waals surface area contributed by atoms with Crippen molar-refractivity contribution in [3.05, 3.63) is 63.6 Å². The number of unbranched alkanes of at least 4 members (excludes halogenated alkanes) is 1. The molecule has 0 spiro atoms. The maximum absolute atomic E-state index is 13.7. The molecule has 2 aromatic carbocycles. The number of hydrogen-bond acceptors (Lipinski definition) is 4. The summed E-state index contributed by atoms with van der Waals surface area (Å²) in [5.74, 6) is -3.06. The number of hydrogen-bond donors (Lipinski definition) is 1. The van der Waals surface area contributed by atoms with E-state index < -0.39 is 33.6 Å². The molecule has 0 aliphatic heterocycles. The number of nitrogens with one attached hydrogen (secondary N) is 1. The van der Waals surface area contributed by atoms with Crippen molar-refractivity contribution in [2.45, 2.75) is 52.1 Å². The summed E-state index contributed by atoms with van der Waals surface area (Å²) in [7, 11) is -3.85. The van der Waals surface area contributed by atoms with Crippen molar-refractivity contribution in [3.8, 4) is 0 Å². The van der Waals surface area contributed by atoms with Crippen molar-refractivity contribution in [1.82, 2.24) is 10.2 Å². The Kier molecular flexibility index (Phi) is 11.6. The molecule has 0 aliphatic rings. The van der Waals surface area contributed by atoms with Crippen molar-refractivity contribution < 1.29 is 26.8 Å². The van der Waals surface area contributed by atoms with Crippen LogP contribution in [-0.4, -0.2) is 50.5 Å². The average molecular weight is 579 g/mol. The molecule has 1 N–H and O–H groups in total. The van der Waals surface area contributed by atoms with Crippen LogP contribution in [0.2, 0.25) is 10.0 Å². The number of sulfonamides is 1. The lowest BCUT2D eigenvalue weighted by Gasteiger charge is -2.30. The van der Waals surface area contributed by atoms with Crippen molar-refractivity contribution >= 4 is 50.7 Å². The highest BCUT2D eigenvalue weighted by molar-refractivity contribution is 7.92. The van der Waals surface area contributed by atoms with Gasteiger partial charge in [0.2, 0.25) is 21.8 Å². The third-order valence-corrected chi connectivity index (χ3v) is 7.63. The van der Waals surface area contributed by atoms with Crippen LogP contribution >= 0.6 is 23.2 Å². The molecular formula is C25H31Cl2F2N3O4S. The Labute approximate surface area is 226 Å². The second-order valence-electron chi connectivity index (χ2n) is 8.58. The van der Waals surface area contributed by atoms with Crippen LogP contribution in [0.3, 0.4) is 0 Å². The van der Waals surface area contributed by atoms with E-state index in [9.17, 15) is 26.8 Å².